The molecule has 0 aliphatic carbocycles. The Kier molecular flexibility index (Phi) is 5.90. The largest absolute Gasteiger partial charge is 0.383 e. The van der Waals surface area contributed by atoms with E-state index >= 15 is 0 Å². The third-order valence-corrected chi connectivity index (χ3v) is 3.49. The summed E-state index contributed by atoms with van der Waals surface area (Å²) in [7, 11) is 3.62. The van der Waals surface area contributed by atoms with Gasteiger partial charge in [0.15, 0.2) is 0 Å². The van der Waals surface area contributed by atoms with Crippen molar-refractivity contribution >= 4 is 0 Å². The fourth-order valence-electron chi connectivity index (χ4n) is 2.42. The van der Waals surface area contributed by atoms with E-state index in [1.165, 1.54) is 11.1 Å². The van der Waals surface area contributed by atoms with E-state index in [0.29, 0.717) is 5.92 Å². The third kappa shape index (κ3) is 4.95. The Morgan fingerprint density at radius 3 is 2.90 bits per heavy atom. The Morgan fingerprint density at radius 1 is 1.38 bits per heavy atom. The average molecular weight is 288 g/mol. The molecular weight excluding hydrogens is 264 g/mol. The van der Waals surface area contributed by atoms with Crippen LogP contribution < -0.4 is 5.32 Å². The van der Waals surface area contributed by atoms with Gasteiger partial charge in [0, 0.05) is 45.8 Å². The molecule has 1 aromatic carbocycles. The second-order valence-corrected chi connectivity index (χ2v) is 5.40. The van der Waals surface area contributed by atoms with Gasteiger partial charge in [0.05, 0.1) is 12.3 Å². The van der Waals surface area contributed by atoms with Crippen molar-refractivity contribution in [1.82, 2.24) is 20.3 Å². The van der Waals surface area contributed by atoms with Crippen molar-refractivity contribution in [3.8, 4) is 0 Å². The average Bonchev–Trinajstić information content (AvgIpc) is 2.87. The number of aryl methyl sites for hydroxylation is 2. The van der Waals surface area contributed by atoms with E-state index in [4.69, 9.17) is 4.74 Å². The van der Waals surface area contributed by atoms with Gasteiger partial charge in [-0.1, -0.05) is 35.0 Å². The summed E-state index contributed by atoms with van der Waals surface area (Å²) in [6, 6.07) is 8.68. The predicted molar refractivity (Wildman–Crippen MR) is 83.4 cm³/mol. The summed E-state index contributed by atoms with van der Waals surface area (Å²) >= 11 is 0. The summed E-state index contributed by atoms with van der Waals surface area (Å²) in [5.74, 6) is 0.387. The van der Waals surface area contributed by atoms with Crippen LogP contribution in [0.25, 0.3) is 0 Å². The summed E-state index contributed by atoms with van der Waals surface area (Å²) in [5, 5.41) is 11.7. The summed E-state index contributed by atoms with van der Waals surface area (Å²) < 4.78 is 6.83. The molecule has 0 spiro atoms. The van der Waals surface area contributed by atoms with Crippen LogP contribution in [-0.4, -0.2) is 41.8 Å². The first-order chi connectivity index (χ1) is 10.2. The maximum Gasteiger partial charge on any atom is 0.0833 e. The number of rotatable bonds is 8. The van der Waals surface area contributed by atoms with Gasteiger partial charge < -0.3 is 10.1 Å². The predicted octanol–water partition coefficient (Wildman–Crippen LogP) is 1.69. The van der Waals surface area contributed by atoms with Gasteiger partial charge in [-0.2, -0.15) is 0 Å². The second kappa shape index (κ2) is 7.90. The van der Waals surface area contributed by atoms with Gasteiger partial charge in [0.2, 0.25) is 0 Å². The number of benzene rings is 1. The molecule has 0 radical (unpaired) electrons. The Hall–Kier alpha value is -1.72. The normalized spacial score (nSPS) is 12.5. The Morgan fingerprint density at radius 2 is 2.24 bits per heavy atom. The monoisotopic (exact) mass is 288 g/mol. The summed E-state index contributed by atoms with van der Waals surface area (Å²) in [6.45, 7) is 4.62. The molecule has 1 atom stereocenters. The molecule has 21 heavy (non-hydrogen) atoms. The topological polar surface area (TPSA) is 52.0 Å². The van der Waals surface area contributed by atoms with E-state index < -0.39 is 0 Å². The quantitative estimate of drug-likeness (QED) is 0.751. The molecule has 0 saturated carbocycles. The Balaban J connectivity index is 2.06. The number of hydrogen-bond donors (Lipinski definition) is 1. The molecule has 0 saturated heterocycles. The molecule has 0 aliphatic heterocycles. The number of nitrogens with zero attached hydrogens (tertiary/aromatic N) is 3. The molecule has 114 valence electrons. The standard InChI is InChI=1S/C16H24N4O/c1-13-5-4-6-14(9-13)15(11-17-7-8-21-3)10-16-12-20(2)19-18-16/h4-6,9,12,15,17H,7-8,10-11H2,1-3H3. The summed E-state index contributed by atoms with van der Waals surface area (Å²) in [4.78, 5) is 0. The maximum atomic E-state index is 5.08. The van der Waals surface area contributed by atoms with E-state index in [1.807, 2.05) is 13.2 Å². The van der Waals surface area contributed by atoms with Crippen LogP contribution in [0.15, 0.2) is 30.5 Å². The molecule has 1 N–H and O–H groups in total. The molecule has 2 rings (SSSR count). The van der Waals surface area contributed by atoms with E-state index in [9.17, 15) is 0 Å². The van der Waals surface area contributed by atoms with Crippen molar-refractivity contribution < 1.29 is 4.74 Å². The highest BCUT2D eigenvalue weighted by Gasteiger charge is 2.14. The minimum absolute atomic E-state index is 0.387. The van der Waals surface area contributed by atoms with Crippen molar-refractivity contribution in [3.05, 3.63) is 47.3 Å². The van der Waals surface area contributed by atoms with E-state index in [-0.39, 0.29) is 0 Å². The second-order valence-electron chi connectivity index (χ2n) is 5.40. The van der Waals surface area contributed by atoms with Crippen molar-refractivity contribution in [1.29, 1.82) is 0 Å². The van der Waals surface area contributed by atoms with Crippen LogP contribution >= 0.6 is 0 Å². The highest BCUT2D eigenvalue weighted by Crippen LogP contribution is 2.20. The number of ether oxygens (including phenoxy) is 1. The molecule has 5 heteroatoms. The smallest absolute Gasteiger partial charge is 0.0833 e. The van der Waals surface area contributed by atoms with Crippen molar-refractivity contribution in [2.45, 2.75) is 19.3 Å². The summed E-state index contributed by atoms with van der Waals surface area (Å²) in [6.07, 6.45) is 2.87. The highest BCUT2D eigenvalue weighted by atomic mass is 16.5. The lowest BCUT2D eigenvalue weighted by molar-refractivity contribution is 0.199. The first-order valence-corrected chi connectivity index (χ1v) is 7.30. The van der Waals surface area contributed by atoms with Crippen LogP contribution in [0.5, 0.6) is 0 Å². The fraction of sp³-hybridized carbons (Fsp3) is 0.500. The maximum absolute atomic E-state index is 5.08. The van der Waals surface area contributed by atoms with Gasteiger partial charge in [0.25, 0.3) is 0 Å². The van der Waals surface area contributed by atoms with Gasteiger partial charge in [-0.25, -0.2) is 0 Å². The number of aromatic nitrogens is 3. The van der Waals surface area contributed by atoms with Crippen molar-refractivity contribution in [3.63, 3.8) is 0 Å². The fourth-order valence-corrected chi connectivity index (χ4v) is 2.42. The van der Waals surface area contributed by atoms with Gasteiger partial charge in [0.1, 0.15) is 0 Å². The van der Waals surface area contributed by atoms with E-state index in [2.05, 4.69) is 46.8 Å². The Bertz CT molecular complexity index is 553. The zero-order valence-corrected chi connectivity index (χ0v) is 13.0. The molecule has 0 aliphatic rings. The summed E-state index contributed by atoms with van der Waals surface area (Å²) in [5.41, 5.74) is 3.65. The van der Waals surface area contributed by atoms with Gasteiger partial charge >= 0.3 is 0 Å². The zero-order valence-electron chi connectivity index (χ0n) is 13.0. The number of hydrogen-bond acceptors (Lipinski definition) is 4. The lowest BCUT2D eigenvalue weighted by Gasteiger charge is -2.17. The Labute approximate surface area is 126 Å². The first kappa shape index (κ1) is 15.7. The van der Waals surface area contributed by atoms with Crippen LogP contribution in [0.3, 0.4) is 0 Å². The van der Waals surface area contributed by atoms with Crippen molar-refractivity contribution in [2.24, 2.45) is 7.05 Å². The van der Waals surface area contributed by atoms with Crippen molar-refractivity contribution in [2.75, 3.05) is 26.8 Å². The first-order valence-electron chi connectivity index (χ1n) is 7.30. The van der Waals surface area contributed by atoms with Gasteiger partial charge in [-0.3, -0.25) is 4.68 Å². The molecule has 1 unspecified atom stereocenters. The van der Waals surface area contributed by atoms with Gasteiger partial charge in [-0.15, -0.1) is 5.10 Å². The van der Waals surface area contributed by atoms with E-state index in [0.717, 1.165) is 31.8 Å². The zero-order chi connectivity index (χ0) is 15.1. The lowest BCUT2D eigenvalue weighted by atomic mass is 9.93. The minimum Gasteiger partial charge on any atom is -0.383 e. The number of methoxy groups -OCH3 is 1. The van der Waals surface area contributed by atoms with Crippen LogP contribution in [0.4, 0.5) is 0 Å². The van der Waals surface area contributed by atoms with Gasteiger partial charge in [-0.05, 0) is 12.5 Å². The lowest BCUT2D eigenvalue weighted by Crippen LogP contribution is -2.26. The van der Waals surface area contributed by atoms with E-state index in [1.54, 1.807) is 11.8 Å². The van der Waals surface area contributed by atoms with Crippen LogP contribution in [-0.2, 0) is 18.2 Å². The van der Waals surface area contributed by atoms with Crippen LogP contribution in [0, 0.1) is 6.92 Å². The number of nitrogens with one attached hydrogen (secondary N) is 1. The highest BCUT2D eigenvalue weighted by molar-refractivity contribution is 5.26. The molecular formula is C16H24N4O. The molecule has 1 aromatic heterocycles. The SMILES string of the molecule is COCCNCC(Cc1cn(C)nn1)c1cccc(C)c1. The molecule has 5 nitrogen and oxygen atoms in total. The van der Waals surface area contributed by atoms with Crippen LogP contribution in [0.1, 0.15) is 22.7 Å². The third-order valence-electron chi connectivity index (χ3n) is 3.49. The van der Waals surface area contributed by atoms with Crippen LogP contribution in [0.2, 0.25) is 0 Å². The molecule has 2 aromatic rings. The molecule has 0 amide bonds. The molecule has 0 fully saturated rings. The molecule has 1 heterocycles. The molecule has 0 bridgehead atoms. The minimum atomic E-state index is 0.387.